The summed E-state index contributed by atoms with van der Waals surface area (Å²) < 4.78 is 0. The molecule has 3 aromatic rings. The summed E-state index contributed by atoms with van der Waals surface area (Å²) in [6.07, 6.45) is 0. The summed E-state index contributed by atoms with van der Waals surface area (Å²) in [5.74, 6) is 0.938. The van der Waals surface area contributed by atoms with E-state index in [1.54, 1.807) is 11.8 Å². The van der Waals surface area contributed by atoms with Gasteiger partial charge in [0.2, 0.25) is 11.1 Å². The predicted octanol–water partition coefficient (Wildman–Crippen LogP) is 4.61. The Morgan fingerprint density at radius 2 is 1.88 bits per heavy atom. The maximum Gasteiger partial charge on any atom is 0.234 e. The lowest BCUT2D eigenvalue weighted by Crippen LogP contribution is -2.14. The first-order chi connectivity index (χ1) is 12.5. The number of hydrogen-bond donors (Lipinski definition) is 2. The van der Waals surface area contributed by atoms with Gasteiger partial charge in [0.25, 0.3) is 0 Å². The van der Waals surface area contributed by atoms with Crippen LogP contribution in [-0.2, 0) is 4.79 Å². The van der Waals surface area contributed by atoms with Gasteiger partial charge in [-0.15, -0.1) is 5.10 Å². The number of amides is 1. The number of anilines is 1. The molecular weight excluding hydrogens is 364 g/mol. The summed E-state index contributed by atoms with van der Waals surface area (Å²) in [6, 6.07) is 14.3. The lowest BCUT2D eigenvalue weighted by Gasteiger charge is -2.08. The third-order valence-electron chi connectivity index (χ3n) is 3.62. The van der Waals surface area contributed by atoms with Crippen LogP contribution in [0.5, 0.6) is 0 Å². The van der Waals surface area contributed by atoms with E-state index >= 15 is 0 Å². The van der Waals surface area contributed by atoms with Gasteiger partial charge in [0.1, 0.15) is 5.82 Å². The topological polar surface area (TPSA) is 70.7 Å². The Labute approximate surface area is 161 Å². The van der Waals surface area contributed by atoms with Crippen molar-refractivity contribution in [3.63, 3.8) is 0 Å². The fourth-order valence-electron chi connectivity index (χ4n) is 2.26. The van der Waals surface area contributed by atoms with Crippen molar-refractivity contribution in [1.82, 2.24) is 15.2 Å². The first-order valence-corrected chi connectivity index (χ1v) is 9.96. The largest absolute Gasteiger partial charge is 0.325 e. The molecule has 1 heterocycles. The van der Waals surface area contributed by atoms with E-state index in [0.29, 0.717) is 5.16 Å². The zero-order valence-electron chi connectivity index (χ0n) is 14.9. The molecule has 0 saturated heterocycles. The van der Waals surface area contributed by atoms with Crippen LogP contribution < -0.4 is 5.32 Å². The second-order valence-corrected chi connectivity index (χ2v) is 7.99. The van der Waals surface area contributed by atoms with Crippen LogP contribution in [0.3, 0.4) is 0 Å². The molecular formula is C19H20N4OS2. The zero-order valence-corrected chi connectivity index (χ0v) is 16.5. The van der Waals surface area contributed by atoms with Gasteiger partial charge >= 0.3 is 0 Å². The molecule has 0 aliphatic heterocycles. The fraction of sp³-hybridized carbons (Fsp3) is 0.211. The first-order valence-electron chi connectivity index (χ1n) is 8.16. The van der Waals surface area contributed by atoms with E-state index in [-0.39, 0.29) is 11.7 Å². The molecule has 0 atom stereocenters. The highest BCUT2D eigenvalue weighted by atomic mass is 32.2. The van der Waals surface area contributed by atoms with E-state index in [9.17, 15) is 4.79 Å². The van der Waals surface area contributed by atoms with Gasteiger partial charge in [-0.05, 0) is 62.2 Å². The Morgan fingerprint density at radius 3 is 2.58 bits per heavy atom. The molecule has 0 saturated carbocycles. The Balaban J connectivity index is 1.55. The van der Waals surface area contributed by atoms with Gasteiger partial charge in [-0.1, -0.05) is 35.7 Å². The van der Waals surface area contributed by atoms with Crippen molar-refractivity contribution >= 4 is 35.1 Å². The second kappa shape index (κ2) is 8.42. The molecule has 0 unspecified atom stereocenters. The first kappa shape index (κ1) is 18.5. The number of hydrogen-bond acceptors (Lipinski definition) is 5. The standard InChI is InChI=1S/C19H20N4OS2/c1-12-4-5-13(2)17(10-12)26-16-8-6-15(7-9-16)21-18(24)11-25-19-20-14(3)22-23-19/h4-10H,11H2,1-3H3,(H,21,24)(H,20,22,23). The van der Waals surface area contributed by atoms with E-state index in [1.807, 2.05) is 31.2 Å². The summed E-state index contributed by atoms with van der Waals surface area (Å²) >= 11 is 3.04. The van der Waals surface area contributed by atoms with Crippen LogP contribution in [0.4, 0.5) is 5.69 Å². The highest BCUT2D eigenvalue weighted by Crippen LogP contribution is 2.31. The zero-order chi connectivity index (χ0) is 18.5. The maximum absolute atomic E-state index is 12.0. The lowest BCUT2D eigenvalue weighted by molar-refractivity contribution is -0.113. The molecule has 0 aliphatic carbocycles. The molecule has 2 N–H and O–H groups in total. The van der Waals surface area contributed by atoms with Gasteiger partial charge in [0.15, 0.2) is 0 Å². The second-order valence-electron chi connectivity index (χ2n) is 5.94. The van der Waals surface area contributed by atoms with Crippen molar-refractivity contribution < 1.29 is 4.79 Å². The van der Waals surface area contributed by atoms with Crippen molar-refractivity contribution in [3.8, 4) is 0 Å². The number of aromatic nitrogens is 3. The van der Waals surface area contributed by atoms with Gasteiger partial charge in [-0.3, -0.25) is 9.89 Å². The average Bonchev–Trinajstić information content (AvgIpc) is 3.03. The van der Waals surface area contributed by atoms with Crippen LogP contribution in [0.2, 0.25) is 0 Å². The fourth-order valence-corrected chi connectivity index (χ4v) is 3.91. The number of carbonyl (C=O) groups is 1. The number of aromatic amines is 1. The van der Waals surface area contributed by atoms with Crippen LogP contribution in [0.25, 0.3) is 0 Å². The monoisotopic (exact) mass is 384 g/mol. The molecule has 5 nitrogen and oxygen atoms in total. The third kappa shape index (κ3) is 5.12. The van der Waals surface area contributed by atoms with Crippen molar-refractivity contribution in [1.29, 1.82) is 0 Å². The van der Waals surface area contributed by atoms with Crippen LogP contribution in [-0.4, -0.2) is 26.8 Å². The van der Waals surface area contributed by atoms with Gasteiger partial charge < -0.3 is 5.32 Å². The molecule has 26 heavy (non-hydrogen) atoms. The van der Waals surface area contributed by atoms with E-state index < -0.39 is 0 Å². The number of nitrogens with one attached hydrogen (secondary N) is 2. The summed E-state index contributed by atoms with van der Waals surface area (Å²) in [7, 11) is 0. The number of benzene rings is 2. The van der Waals surface area contributed by atoms with E-state index in [1.165, 1.54) is 27.8 Å². The Hall–Kier alpha value is -2.25. The highest BCUT2D eigenvalue weighted by molar-refractivity contribution is 7.99. The molecule has 0 bridgehead atoms. The van der Waals surface area contributed by atoms with Crippen LogP contribution >= 0.6 is 23.5 Å². The Bertz CT molecular complexity index is 906. The minimum absolute atomic E-state index is 0.0765. The summed E-state index contributed by atoms with van der Waals surface area (Å²) in [5, 5.41) is 10.2. The average molecular weight is 385 g/mol. The summed E-state index contributed by atoms with van der Waals surface area (Å²) in [5.41, 5.74) is 3.30. The van der Waals surface area contributed by atoms with Gasteiger partial charge in [-0.2, -0.15) is 0 Å². The quantitative estimate of drug-likeness (QED) is 0.607. The minimum Gasteiger partial charge on any atom is -0.325 e. The molecule has 0 fully saturated rings. The van der Waals surface area contributed by atoms with E-state index in [4.69, 9.17) is 0 Å². The Kier molecular flexibility index (Phi) is 6.00. The molecule has 1 aromatic heterocycles. The van der Waals surface area contributed by atoms with Crippen molar-refractivity contribution in [2.75, 3.05) is 11.1 Å². The molecule has 3 rings (SSSR count). The number of rotatable bonds is 6. The summed E-state index contributed by atoms with van der Waals surface area (Å²) in [4.78, 5) is 18.6. The van der Waals surface area contributed by atoms with Crippen molar-refractivity contribution in [2.24, 2.45) is 0 Å². The van der Waals surface area contributed by atoms with E-state index in [0.717, 1.165) is 16.4 Å². The maximum atomic E-state index is 12.0. The smallest absolute Gasteiger partial charge is 0.234 e. The molecule has 2 aromatic carbocycles. The molecule has 0 aliphatic rings. The number of H-pyrrole nitrogens is 1. The number of aryl methyl sites for hydroxylation is 3. The number of thioether (sulfide) groups is 1. The molecule has 1 amide bonds. The SMILES string of the molecule is Cc1ccc(C)c(Sc2ccc(NC(=O)CSc3n[nH]c(C)n3)cc2)c1. The van der Waals surface area contributed by atoms with Gasteiger partial charge in [0, 0.05) is 15.5 Å². The molecule has 0 radical (unpaired) electrons. The van der Waals surface area contributed by atoms with Gasteiger partial charge in [0.05, 0.1) is 5.75 Å². The molecule has 134 valence electrons. The van der Waals surface area contributed by atoms with Crippen LogP contribution in [0.1, 0.15) is 17.0 Å². The lowest BCUT2D eigenvalue weighted by atomic mass is 10.2. The van der Waals surface area contributed by atoms with Crippen LogP contribution in [0, 0.1) is 20.8 Å². The summed E-state index contributed by atoms with van der Waals surface area (Å²) in [6.45, 7) is 6.04. The molecule has 7 heteroatoms. The third-order valence-corrected chi connectivity index (χ3v) is 5.63. The predicted molar refractivity (Wildman–Crippen MR) is 107 cm³/mol. The molecule has 0 spiro atoms. The van der Waals surface area contributed by atoms with Crippen LogP contribution in [0.15, 0.2) is 57.4 Å². The van der Waals surface area contributed by atoms with Gasteiger partial charge in [-0.25, -0.2) is 4.98 Å². The van der Waals surface area contributed by atoms with E-state index in [2.05, 4.69) is 52.5 Å². The number of nitrogens with zero attached hydrogens (tertiary/aromatic N) is 2. The van der Waals surface area contributed by atoms with Crippen molar-refractivity contribution in [3.05, 3.63) is 59.4 Å². The normalized spacial score (nSPS) is 10.7. The Morgan fingerprint density at radius 1 is 1.12 bits per heavy atom. The van der Waals surface area contributed by atoms with Crippen molar-refractivity contribution in [2.45, 2.75) is 35.7 Å². The number of carbonyl (C=O) groups excluding carboxylic acids is 1. The minimum atomic E-state index is -0.0765. The highest BCUT2D eigenvalue weighted by Gasteiger charge is 2.07.